The highest BCUT2D eigenvalue weighted by atomic mass is 16.1. The predicted molar refractivity (Wildman–Crippen MR) is 96.5 cm³/mol. The average molecular weight is 335 g/mol. The lowest BCUT2D eigenvalue weighted by atomic mass is 9.81. The highest BCUT2D eigenvalue weighted by Gasteiger charge is 2.37. The first-order valence-electron chi connectivity index (χ1n) is 8.43. The Morgan fingerprint density at radius 3 is 2.64 bits per heavy atom. The minimum Gasteiger partial charge on any atom is -0.311 e. The van der Waals surface area contributed by atoms with E-state index >= 15 is 0 Å². The molecule has 3 heterocycles. The third-order valence-corrected chi connectivity index (χ3v) is 4.61. The fourth-order valence-corrected chi connectivity index (χ4v) is 3.44. The molecule has 1 N–H and O–H groups in total. The third kappa shape index (κ3) is 2.58. The maximum absolute atomic E-state index is 12.3. The van der Waals surface area contributed by atoms with Crippen LogP contribution in [0.3, 0.4) is 0 Å². The molecule has 3 aromatic rings. The first-order chi connectivity index (χ1) is 11.8. The number of carbonyl (C=O) groups excluding carboxylic acids is 1. The van der Waals surface area contributed by atoms with Crippen molar-refractivity contribution in [3.05, 3.63) is 47.4 Å². The summed E-state index contributed by atoms with van der Waals surface area (Å²) >= 11 is 0. The van der Waals surface area contributed by atoms with Crippen LogP contribution in [0.4, 0.5) is 5.82 Å². The summed E-state index contributed by atoms with van der Waals surface area (Å²) in [5.41, 5.74) is 4.43. The van der Waals surface area contributed by atoms with Gasteiger partial charge in [-0.05, 0) is 12.1 Å². The molecule has 0 saturated carbocycles. The Balaban J connectivity index is 1.92. The van der Waals surface area contributed by atoms with Crippen molar-refractivity contribution in [2.75, 3.05) is 5.32 Å². The van der Waals surface area contributed by atoms with E-state index < -0.39 is 0 Å². The number of benzene rings is 1. The number of aryl methyl sites for hydroxylation is 1. The van der Waals surface area contributed by atoms with Gasteiger partial charge in [0.2, 0.25) is 5.91 Å². The summed E-state index contributed by atoms with van der Waals surface area (Å²) in [5, 5.41) is 7.66. The third-order valence-electron chi connectivity index (χ3n) is 4.61. The molecule has 0 fully saturated rings. The second-order valence-electron chi connectivity index (χ2n) is 7.57. The summed E-state index contributed by atoms with van der Waals surface area (Å²) < 4.78 is 1.76. The summed E-state index contributed by atoms with van der Waals surface area (Å²) in [6.07, 6.45) is 2.14. The molecular formula is C19H21N5O. The highest BCUT2D eigenvalue weighted by molar-refractivity contribution is 5.94. The van der Waals surface area contributed by atoms with E-state index in [1.54, 1.807) is 10.9 Å². The van der Waals surface area contributed by atoms with E-state index in [4.69, 9.17) is 4.98 Å². The Morgan fingerprint density at radius 2 is 1.92 bits per heavy atom. The second kappa shape index (κ2) is 5.37. The number of rotatable bonds is 1. The van der Waals surface area contributed by atoms with E-state index in [2.05, 4.69) is 36.2 Å². The number of carbonyl (C=O) groups is 1. The van der Waals surface area contributed by atoms with E-state index in [0.29, 0.717) is 6.42 Å². The number of nitrogens with one attached hydrogen (secondary N) is 1. The molecule has 2 aromatic heterocycles. The summed E-state index contributed by atoms with van der Waals surface area (Å²) in [5.74, 6) is 0.612. The van der Waals surface area contributed by atoms with Crippen LogP contribution >= 0.6 is 0 Å². The van der Waals surface area contributed by atoms with Gasteiger partial charge in [-0.2, -0.15) is 5.10 Å². The molecular weight excluding hydrogens is 314 g/mol. The van der Waals surface area contributed by atoms with Crippen molar-refractivity contribution < 1.29 is 4.79 Å². The van der Waals surface area contributed by atoms with Crippen LogP contribution in [0.5, 0.6) is 0 Å². The van der Waals surface area contributed by atoms with Crippen LogP contribution in [0.15, 0.2) is 30.5 Å². The average Bonchev–Trinajstić information content (AvgIpc) is 2.91. The van der Waals surface area contributed by atoms with Crippen molar-refractivity contribution in [2.45, 2.75) is 38.5 Å². The number of fused-ring (bicyclic) bond motifs is 2. The van der Waals surface area contributed by atoms with Gasteiger partial charge in [0.05, 0.1) is 22.4 Å². The number of amides is 1. The van der Waals surface area contributed by atoms with E-state index in [1.807, 2.05) is 31.3 Å². The molecule has 0 aliphatic carbocycles. The first-order valence-corrected chi connectivity index (χ1v) is 8.43. The molecule has 1 aliphatic rings. The molecule has 0 radical (unpaired) electrons. The molecule has 128 valence electrons. The van der Waals surface area contributed by atoms with E-state index in [-0.39, 0.29) is 17.2 Å². The zero-order valence-corrected chi connectivity index (χ0v) is 14.9. The van der Waals surface area contributed by atoms with Crippen LogP contribution < -0.4 is 5.32 Å². The van der Waals surface area contributed by atoms with Crippen LogP contribution in [0, 0.1) is 0 Å². The lowest BCUT2D eigenvalue weighted by molar-refractivity contribution is -0.116. The Labute approximate surface area is 146 Å². The molecule has 6 heteroatoms. The molecule has 0 spiro atoms. The second-order valence-corrected chi connectivity index (χ2v) is 7.57. The number of para-hydroxylation sites is 2. The quantitative estimate of drug-likeness (QED) is 0.741. The topological polar surface area (TPSA) is 72.7 Å². The van der Waals surface area contributed by atoms with Crippen molar-refractivity contribution >= 4 is 22.8 Å². The molecule has 6 nitrogen and oxygen atoms in total. The van der Waals surface area contributed by atoms with Gasteiger partial charge in [-0.1, -0.05) is 32.9 Å². The lowest BCUT2D eigenvalue weighted by Gasteiger charge is -2.26. The van der Waals surface area contributed by atoms with Crippen LogP contribution in [0.1, 0.15) is 50.1 Å². The molecule has 0 saturated heterocycles. The monoisotopic (exact) mass is 335 g/mol. The predicted octanol–water partition coefficient (Wildman–Crippen LogP) is 3.13. The summed E-state index contributed by atoms with van der Waals surface area (Å²) in [6, 6.07) is 7.78. The molecule has 1 aromatic carbocycles. The van der Waals surface area contributed by atoms with E-state index in [9.17, 15) is 4.79 Å². The van der Waals surface area contributed by atoms with Gasteiger partial charge in [0, 0.05) is 36.6 Å². The Bertz CT molecular complexity index is 983. The maximum Gasteiger partial charge on any atom is 0.226 e. The standard InChI is InChI=1S/C19H21N5O/c1-19(2,3)17-16-11(9-15(25)22-18(16)24(4)23-17)14-10-20-12-7-5-6-8-13(12)21-14/h5-8,10-11H,9H2,1-4H3,(H,22,25). The van der Waals surface area contributed by atoms with Crippen LogP contribution in [0.25, 0.3) is 11.0 Å². The zero-order valence-electron chi connectivity index (χ0n) is 14.9. The number of anilines is 1. The first kappa shape index (κ1) is 15.7. The van der Waals surface area contributed by atoms with Gasteiger partial charge in [-0.15, -0.1) is 0 Å². The zero-order chi connectivity index (χ0) is 17.8. The largest absolute Gasteiger partial charge is 0.311 e. The minimum atomic E-state index is -0.135. The van der Waals surface area contributed by atoms with Crippen molar-refractivity contribution in [3.8, 4) is 0 Å². The summed E-state index contributed by atoms with van der Waals surface area (Å²) in [6.45, 7) is 6.40. The number of hydrogen-bond donors (Lipinski definition) is 1. The normalized spacial score (nSPS) is 17.4. The van der Waals surface area contributed by atoms with Crippen molar-refractivity contribution in [3.63, 3.8) is 0 Å². The molecule has 1 atom stereocenters. The molecule has 0 bridgehead atoms. The van der Waals surface area contributed by atoms with Gasteiger partial charge in [0.15, 0.2) is 0 Å². The number of aromatic nitrogens is 4. The molecule has 4 rings (SSSR count). The fraction of sp³-hybridized carbons (Fsp3) is 0.368. The number of nitrogens with zero attached hydrogens (tertiary/aromatic N) is 4. The van der Waals surface area contributed by atoms with Crippen LogP contribution in [0.2, 0.25) is 0 Å². The highest BCUT2D eigenvalue weighted by Crippen LogP contribution is 2.42. The van der Waals surface area contributed by atoms with Crippen molar-refractivity contribution in [1.82, 2.24) is 19.7 Å². The Hall–Kier alpha value is -2.76. The maximum atomic E-state index is 12.3. The summed E-state index contributed by atoms with van der Waals surface area (Å²) in [4.78, 5) is 21.6. The Morgan fingerprint density at radius 1 is 1.20 bits per heavy atom. The molecule has 1 aliphatic heterocycles. The van der Waals surface area contributed by atoms with Gasteiger partial charge >= 0.3 is 0 Å². The number of hydrogen-bond acceptors (Lipinski definition) is 4. The molecule has 1 amide bonds. The van der Waals surface area contributed by atoms with E-state index in [0.717, 1.165) is 33.8 Å². The summed E-state index contributed by atoms with van der Waals surface area (Å²) in [7, 11) is 1.86. The lowest BCUT2D eigenvalue weighted by Crippen LogP contribution is -2.26. The van der Waals surface area contributed by atoms with Gasteiger partial charge in [0.1, 0.15) is 5.82 Å². The van der Waals surface area contributed by atoms with Gasteiger partial charge in [0.25, 0.3) is 0 Å². The Kier molecular flexibility index (Phi) is 3.39. The SMILES string of the molecule is Cn1nc(C(C)(C)C)c2c1NC(=O)CC2c1cnc2ccccc2n1. The van der Waals surface area contributed by atoms with Gasteiger partial charge in [-0.3, -0.25) is 14.5 Å². The van der Waals surface area contributed by atoms with Gasteiger partial charge in [-0.25, -0.2) is 4.98 Å². The molecule has 1 unspecified atom stereocenters. The fourth-order valence-electron chi connectivity index (χ4n) is 3.44. The smallest absolute Gasteiger partial charge is 0.226 e. The molecule has 25 heavy (non-hydrogen) atoms. The van der Waals surface area contributed by atoms with Crippen molar-refractivity contribution in [2.24, 2.45) is 7.05 Å². The van der Waals surface area contributed by atoms with Crippen molar-refractivity contribution in [1.29, 1.82) is 0 Å². The van der Waals surface area contributed by atoms with Crippen LogP contribution in [-0.2, 0) is 17.3 Å². The van der Waals surface area contributed by atoms with Gasteiger partial charge < -0.3 is 5.32 Å². The minimum absolute atomic E-state index is 0.0177. The van der Waals surface area contributed by atoms with E-state index in [1.165, 1.54) is 0 Å². The van der Waals surface area contributed by atoms with Crippen LogP contribution in [-0.4, -0.2) is 25.7 Å².